The number of thiophene rings is 1. The SMILES string of the molecule is CNC(C)CNC(=O)C(C)NS(=O)(=O)c1cccs1. The fraction of sp³-hybridized carbons (Fsp3) is 0.545. The van der Waals surface area contributed by atoms with E-state index < -0.39 is 16.1 Å². The summed E-state index contributed by atoms with van der Waals surface area (Å²) in [4.78, 5) is 11.7. The van der Waals surface area contributed by atoms with E-state index in [-0.39, 0.29) is 16.2 Å². The minimum atomic E-state index is -3.61. The van der Waals surface area contributed by atoms with Crippen LogP contribution in [0.25, 0.3) is 0 Å². The van der Waals surface area contributed by atoms with Gasteiger partial charge in [-0.2, -0.15) is 4.72 Å². The highest BCUT2D eigenvalue weighted by molar-refractivity contribution is 7.91. The predicted octanol–water partition coefficient (Wildman–Crippen LogP) is 0.139. The van der Waals surface area contributed by atoms with Crippen LogP contribution in [0.5, 0.6) is 0 Å². The molecule has 1 amide bonds. The topological polar surface area (TPSA) is 87.3 Å². The molecule has 0 aliphatic heterocycles. The van der Waals surface area contributed by atoms with Gasteiger partial charge in [-0.1, -0.05) is 6.07 Å². The van der Waals surface area contributed by atoms with Gasteiger partial charge in [-0.15, -0.1) is 11.3 Å². The molecule has 108 valence electrons. The van der Waals surface area contributed by atoms with Crippen LogP contribution in [0.1, 0.15) is 13.8 Å². The Kier molecular flexibility index (Phi) is 5.92. The maximum Gasteiger partial charge on any atom is 0.250 e. The van der Waals surface area contributed by atoms with Crippen LogP contribution >= 0.6 is 11.3 Å². The normalized spacial score (nSPS) is 14.9. The second-order valence-electron chi connectivity index (χ2n) is 4.21. The molecule has 6 nitrogen and oxygen atoms in total. The molecule has 0 aromatic carbocycles. The average Bonchev–Trinajstić information content (AvgIpc) is 2.89. The quantitative estimate of drug-likeness (QED) is 0.669. The van der Waals surface area contributed by atoms with Gasteiger partial charge in [0.1, 0.15) is 4.21 Å². The molecule has 0 radical (unpaired) electrons. The van der Waals surface area contributed by atoms with Gasteiger partial charge in [-0.25, -0.2) is 8.42 Å². The molecule has 0 saturated heterocycles. The van der Waals surface area contributed by atoms with Crippen molar-refractivity contribution in [3.8, 4) is 0 Å². The standard InChI is InChI=1S/C11H19N3O3S2/c1-8(12-3)7-13-11(15)9(2)14-19(16,17)10-5-4-6-18-10/h4-6,8-9,12,14H,7H2,1-3H3,(H,13,15). The van der Waals surface area contributed by atoms with Crippen LogP contribution in [0.3, 0.4) is 0 Å². The van der Waals surface area contributed by atoms with Crippen molar-refractivity contribution in [2.24, 2.45) is 0 Å². The summed E-state index contributed by atoms with van der Waals surface area (Å²) in [7, 11) is -1.82. The summed E-state index contributed by atoms with van der Waals surface area (Å²) in [6.45, 7) is 3.88. The lowest BCUT2D eigenvalue weighted by Gasteiger charge is -2.16. The zero-order chi connectivity index (χ0) is 14.5. The molecule has 19 heavy (non-hydrogen) atoms. The number of nitrogens with one attached hydrogen (secondary N) is 3. The third-order valence-electron chi connectivity index (χ3n) is 2.56. The monoisotopic (exact) mass is 305 g/mol. The summed E-state index contributed by atoms with van der Waals surface area (Å²) >= 11 is 1.11. The average molecular weight is 305 g/mol. The van der Waals surface area contributed by atoms with Crippen molar-refractivity contribution < 1.29 is 13.2 Å². The molecule has 2 unspecified atom stereocenters. The maximum atomic E-state index is 11.9. The summed E-state index contributed by atoms with van der Waals surface area (Å²) < 4.78 is 26.4. The molecule has 0 spiro atoms. The molecule has 1 rings (SSSR count). The molecule has 1 aromatic heterocycles. The first kappa shape index (κ1) is 16.1. The van der Waals surface area contributed by atoms with Crippen LogP contribution in [0, 0.1) is 0 Å². The van der Waals surface area contributed by atoms with Crippen LogP contribution in [-0.4, -0.2) is 40.0 Å². The Labute approximate surface area is 117 Å². The van der Waals surface area contributed by atoms with Crippen molar-refractivity contribution >= 4 is 27.3 Å². The van der Waals surface area contributed by atoms with Gasteiger partial charge < -0.3 is 10.6 Å². The highest BCUT2D eigenvalue weighted by atomic mass is 32.2. The Morgan fingerprint density at radius 3 is 2.63 bits per heavy atom. The number of likely N-dealkylation sites (N-methyl/N-ethyl adjacent to an activating group) is 1. The molecule has 1 heterocycles. The molecule has 0 aliphatic carbocycles. The Morgan fingerprint density at radius 1 is 1.42 bits per heavy atom. The molecular formula is C11H19N3O3S2. The summed E-state index contributed by atoms with van der Waals surface area (Å²) in [6, 6.07) is 2.47. The van der Waals surface area contributed by atoms with E-state index in [0.717, 1.165) is 11.3 Å². The molecule has 0 aliphatic rings. The first-order valence-electron chi connectivity index (χ1n) is 5.87. The molecular weight excluding hydrogens is 286 g/mol. The van der Waals surface area contributed by atoms with Gasteiger partial charge in [-0.3, -0.25) is 4.79 Å². The smallest absolute Gasteiger partial charge is 0.250 e. The lowest BCUT2D eigenvalue weighted by molar-refractivity contribution is -0.122. The predicted molar refractivity (Wildman–Crippen MR) is 75.6 cm³/mol. The van der Waals surface area contributed by atoms with Gasteiger partial charge in [0.15, 0.2) is 0 Å². The van der Waals surface area contributed by atoms with Gasteiger partial charge >= 0.3 is 0 Å². The number of hydrogen-bond acceptors (Lipinski definition) is 5. The van der Waals surface area contributed by atoms with E-state index in [2.05, 4.69) is 15.4 Å². The Morgan fingerprint density at radius 2 is 2.11 bits per heavy atom. The number of sulfonamides is 1. The fourth-order valence-electron chi connectivity index (χ4n) is 1.27. The largest absolute Gasteiger partial charge is 0.353 e. The summed E-state index contributed by atoms with van der Waals surface area (Å²) in [5, 5.41) is 7.33. The van der Waals surface area contributed by atoms with E-state index in [1.54, 1.807) is 18.5 Å². The van der Waals surface area contributed by atoms with Crippen LogP contribution in [0.2, 0.25) is 0 Å². The molecule has 0 saturated carbocycles. The lowest BCUT2D eigenvalue weighted by Crippen LogP contribution is -2.47. The van der Waals surface area contributed by atoms with E-state index in [4.69, 9.17) is 0 Å². The maximum absolute atomic E-state index is 11.9. The first-order chi connectivity index (χ1) is 8.86. The van der Waals surface area contributed by atoms with Gasteiger partial charge in [0.25, 0.3) is 10.0 Å². The Bertz CT molecular complexity index is 499. The van der Waals surface area contributed by atoms with Crippen LogP contribution in [0.15, 0.2) is 21.7 Å². The van der Waals surface area contributed by atoms with Crippen molar-refractivity contribution in [1.82, 2.24) is 15.4 Å². The molecule has 3 N–H and O–H groups in total. The number of amides is 1. The van der Waals surface area contributed by atoms with Crippen LogP contribution in [-0.2, 0) is 14.8 Å². The lowest BCUT2D eigenvalue weighted by atomic mass is 10.3. The summed E-state index contributed by atoms with van der Waals surface area (Å²) in [5.41, 5.74) is 0. The van der Waals surface area contributed by atoms with Crippen molar-refractivity contribution in [2.75, 3.05) is 13.6 Å². The van der Waals surface area contributed by atoms with Crippen molar-refractivity contribution in [3.63, 3.8) is 0 Å². The number of hydrogen-bond donors (Lipinski definition) is 3. The van der Waals surface area contributed by atoms with Crippen LogP contribution < -0.4 is 15.4 Å². The molecule has 8 heteroatoms. The van der Waals surface area contributed by atoms with Gasteiger partial charge in [0, 0.05) is 12.6 Å². The molecule has 0 bridgehead atoms. The van der Waals surface area contributed by atoms with Gasteiger partial charge in [-0.05, 0) is 32.3 Å². The van der Waals surface area contributed by atoms with Crippen molar-refractivity contribution in [2.45, 2.75) is 30.1 Å². The summed E-state index contributed by atoms with van der Waals surface area (Å²) in [5.74, 6) is -0.345. The Balaban J connectivity index is 2.55. The van der Waals surface area contributed by atoms with E-state index in [1.165, 1.54) is 13.0 Å². The highest BCUT2D eigenvalue weighted by Gasteiger charge is 2.22. The third kappa shape index (κ3) is 4.90. The van der Waals surface area contributed by atoms with Gasteiger partial charge in [0.05, 0.1) is 6.04 Å². The fourth-order valence-corrected chi connectivity index (χ4v) is 3.48. The van der Waals surface area contributed by atoms with Crippen LogP contribution in [0.4, 0.5) is 0 Å². The van der Waals surface area contributed by atoms with Crippen molar-refractivity contribution in [3.05, 3.63) is 17.5 Å². The first-order valence-corrected chi connectivity index (χ1v) is 8.24. The number of carbonyl (C=O) groups excluding carboxylic acids is 1. The molecule has 1 aromatic rings. The summed E-state index contributed by atoms with van der Waals surface area (Å²) in [6.07, 6.45) is 0. The zero-order valence-electron chi connectivity index (χ0n) is 11.1. The number of carbonyl (C=O) groups is 1. The highest BCUT2D eigenvalue weighted by Crippen LogP contribution is 2.15. The van der Waals surface area contributed by atoms with Gasteiger partial charge in [0.2, 0.25) is 5.91 Å². The molecule has 2 atom stereocenters. The van der Waals surface area contributed by atoms with E-state index in [9.17, 15) is 13.2 Å². The second kappa shape index (κ2) is 6.99. The zero-order valence-corrected chi connectivity index (χ0v) is 12.8. The number of rotatable bonds is 7. The van der Waals surface area contributed by atoms with E-state index in [0.29, 0.717) is 6.54 Å². The second-order valence-corrected chi connectivity index (χ2v) is 7.10. The van der Waals surface area contributed by atoms with E-state index in [1.807, 2.05) is 6.92 Å². The van der Waals surface area contributed by atoms with Crippen molar-refractivity contribution in [1.29, 1.82) is 0 Å². The Hall–Kier alpha value is -0.960. The van der Waals surface area contributed by atoms with E-state index >= 15 is 0 Å². The minimum absolute atomic E-state index is 0.130. The molecule has 0 fully saturated rings. The third-order valence-corrected chi connectivity index (χ3v) is 5.50. The minimum Gasteiger partial charge on any atom is -0.353 e.